The molecule has 0 spiro atoms. The number of ether oxygens (including phenoxy) is 1. The van der Waals surface area contributed by atoms with Crippen molar-refractivity contribution in [3.05, 3.63) is 24.3 Å². The zero-order valence-electron chi connectivity index (χ0n) is 58.6. The number of unbranched alkanes of at least 4 members (excludes halogenated alkanes) is 62. The highest BCUT2D eigenvalue weighted by Crippen LogP contribution is 2.20. The van der Waals surface area contributed by atoms with E-state index in [-0.39, 0.29) is 18.5 Å². The van der Waals surface area contributed by atoms with Crippen molar-refractivity contribution in [2.24, 2.45) is 0 Å². The summed E-state index contributed by atoms with van der Waals surface area (Å²) in [5.41, 5.74) is 0. The molecule has 3 N–H and O–H groups in total. The fourth-order valence-electron chi connectivity index (χ4n) is 12.7. The molecule has 510 valence electrons. The number of aliphatic hydroxyl groups excluding tert-OH is 2. The molecule has 0 aliphatic heterocycles. The van der Waals surface area contributed by atoms with Crippen molar-refractivity contribution >= 4 is 11.9 Å². The Hall–Kier alpha value is -1.66. The second-order valence-corrected chi connectivity index (χ2v) is 27.4. The number of aliphatic hydroxyl groups is 2. The van der Waals surface area contributed by atoms with Crippen LogP contribution in [0.3, 0.4) is 0 Å². The summed E-state index contributed by atoms with van der Waals surface area (Å²) >= 11 is 0. The number of allylic oxidation sites excluding steroid dienone is 3. The van der Waals surface area contributed by atoms with E-state index in [4.69, 9.17) is 4.74 Å². The third kappa shape index (κ3) is 71.4. The zero-order valence-corrected chi connectivity index (χ0v) is 58.6. The van der Waals surface area contributed by atoms with Crippen molar-refractivity contribution in [2.45, 2.75) is 463 Å². The van der Waals surface area contributed by atoms with Gasteiger partial charge in [0.05, 0.1) is 25.4 Å². The van der Waals surface area contributed by atoms with E-state index in [1.54, 1.807) is 6.08 Å². The molecule has 0 aromatic carbocycles. The van der Waals surface area contributed by atoms with E-state index in [9.17, 15) is 19.8 Å². The summed E-state index contributed by atoms with van der Waals surface area (Å²) in [4.78, 5) is 24.6. The Morgan fingerprint density at radius 1 is 0.314 bits per heavy atom. The van der Waals surface area contributed by atoms with E-state index in [0.717, 1.165) is 38.5 Å². The van der Waals surface area contributed by atoms with Gasteiger partial charge in [-0.15, -0.1) is 0 Å². The highest BCUT2D eigenvalue weighted by molar-refractivity contribution is 5.76. The monoisotopic (exact) mass is 1210 g/mol. The fourth-order valence-corrected chi connectivity index (χ4v) is 12.7. The predicted molar refractivity (Wildman–Crippen MR) is 380 cm³/mol. The molecule has 2 atom stereocenters. The second kappa shape index (κ2) is 75.8. The Balaban J connectivity index is 3.30. The minimum absolute atomic E-state index is 0.0276. The summed E-state index contributed by atoms with van der Waals surface area (Å²) in [6.07, 6.45) is 97.5. The van der Waals surface area contributed by atoms with Crippen molar-refractivity contribution in [1.29, 1.82) is 0 Å². The van der Waals surface area contributed by atoms with E-state index in [2.05, 4.69) is 31.3 Å². The lowest BCUT2D eigenvalue weighted by molar-refractivity contribution is -0.143. The largest absolute Gasteiger partial charge is 0.466 e. The lowest BCUT2D eigenvalue weighted by atomic mass is 10.0. The molecule has 0 rings (SSSR count). The first-order valence-electron chi connectivity index (χ1n) is 39.6. The Morgan fingerprint density at radius 2 is 0.547 bits per heavy atom. The molecule has 2 unspecified atom stereocenters. The molecule has 6 nitrogen and oxygen atoms in total. The molecule has 0 fully saturated rings. The number of hydrogen-bond donors (Lipinski definition) is 3. The Bertz CT molecular complexity index is 1350. The fraction of sp³-hybridized carbons (Fsp3) is 0.925. The van der Waals surface area contributed by atoms with Gasteiger partial charge in [0.15, 0.2) is 0 Å². The molecule has 0 radical (unpaired) electrons. The molecule has 0 bridgehead atoms. The number of amides is 1. The summed E-state index contributed by atoms with van der Waals surface area (Å²) in [5, 5.41) is 23.1. The highest BCUT2D eigenvalue weighted by Gasteiger charge is 2.18. The number of carbonyl (C=O) groups excluding carboxylic acids is 2. The van der Waals surface area contributed by atoms with Crippen molar-refractivity contribution < 1.29 is 24.5 Å². The Morgan fingerprint density at radius 3 is 0.826 bits per heavy atom. The van der Waals surface area contributed by atoms with Gasteiger partial charge in [-0.2, -0.15) is 0 Å². The van der Waals surface area contributed by atoms with E-state index in [0.29, 0.717) is 19.4 Å². The van der Waals surface area contributed by atoms with Crippen LogP contribution in [0, 0.1) is 0 Å². The molecule has 0 saturated carbocycles. The maximum absolute atomic E-state index is 12.5. The molecule has 0 heterocycles. The zero-order chi connectivity index (χ0) is 62.0. The van der Waals surface area contributed by atoms with Gasteiger partial charge in [0.1, 0.15) is 0 Å². The Kier molecular flexibility index (Phi) is 74.3. The van der Waals surface area contributed by atoms with Crippen LogP contribution >= 0.6 is 0 Å². The van der Waals surface area contributed by atoms with Gasteiger partial charge in [-0.25, -0.2) is 0 Å². The van der Waals surface area contributed by atoms with E-state index in [1.165, 1.54) is 385 Å². The number of rotatable bonds is 75. The van der Waals surface area contributed by atoms with Gasteiger partial charge in [-0.3, -0.25) is 9.59 Å². The van der Waals surface area contributed by atoms with Crippen LogP contribution in [-0.2, 0) is 14.3 Å². The first kappa shape index (κ1) is 84.3. The maximum atomic E-state index is 12.5. The van der Waals surface area contributed by atoms with E-state index in [1.807, 2.05) is 6.08 Å². The lowest BCUT2D eigenvalue weighted by Crippen LogP contribution is -2.45. The Labute approximate surface area is 539 Å². The van der Waals surface area contributed by atoms with Gasteiger partial charge in [0, 0.05) is 12.8 Å². The molecular weight excluding hydrogens is 1050 g/mol. The molecule has 0 aliphatic carbocycles. The van der Waals surface area contributed by atoms with Gasteiger partial charge in [0.2, 0.25) is 5.91 Å². The first-order chi connectivity index (χ1) is 42.5. The van der Waals surface area contributed by atoms with Gasteiger partial charge in [-0.05, 0) is 57.8 Å². The van der Waals surface area contributed by atoms with Gasteiger partial charge < -0.3 is 20.3 Å². The number of hydrogen-bond acceptors (Lipinski definition) is 5. The maximum Gasteiger partial charge on any atom is 0.305 e. The van der Waals surface area contributed by atoms with Crippen LogP contribution in [0.2, 0.25) is 0 Å². The smallest absolute Gasteiger partial charge is 0.305 e. The summed E-state index contributed by atoms with van der Waals surface area (Å²) < 4.78 is 5.52. The third-order valence-corrected chi connectivity index (χ3v) is 18.7. The number of esters is 1. The molecule has 0 aromatic heterocycles. The van der Waals surface area contributed by atoms with Crippen molar-refractivity contribution in [1.82, 2.24) is 5.32 Å². The van der Waals surface area contributed by atoms with Gasteiger partial charge >= 0.3 is 5.97 Å². The van der Waals surface area contributed by atoms with Crippen LogP contribution in [-0.4, -0.2) is 47.4 Å². The average Bonchev–Trinajstić information content (AvgIpc) is 3.54. The quantitative estimate of drug-likeness (QED) is 0.0320. The van der Waals surface area contributed by atoms with Crippen LogP contribution in [0.15, 0.2) is 24.3 Å². The predicted octanol–water partition coefficient (Wildman–Crippen LogP) is 26.0. The van der Waals surface area contributed by atoms with E-state index >= 15 is 0 Å². The summed E-state index contributed by atoms with van der Waals surface area (Å²) in [7, 11) is 0. The van der Waals surface area contributed by atoms with Crippen LogP contribution in [0.1, 0.15) is 450 Å². The standard InChI is InChI=1S/C80H155NO5/c1-3-5-7-9-11-13-15-17-18-19-44-47-50-54-58-62-66-70-74-80(85)86-75-71-67-63-59-55-51-48-45-42-40-38-36-34-32-30-28-26-24-22-20-21-23-25-27-29-31-33-35-37-39-41-43-46-49-53-57-61-65-69-73-79(84)81-77(76-82)78(83)72-68-64-60-56-52-16-14-12-10-8-6-4-2/h20-21,68,72,77-78,82-83H,3-19,22-67,69-71,73-76H2,1-2H3,(H,81,84)/b21-20-,72-68+. The van der Waals surface area contributed by atoms with Gasteiger partial charge in [0.25, 0.3) is 0 Å². The van der Waals surface area contributed by atoms with Crippen LogP contribution in [0.5, 0.6) is 0 Å². The van der Waals surface area contributed by atoms with E-state index < -0.39 is 12.1 Å². The summed E-state index contributed by atoms with van der Waals surface area (Å²) in [5.74, 6) is -0.0345. The van der Waals surface area contributed by atoms with Crippen molar-refractivity contribution in [3.8, 4) is 0 Å². The molecule has 0 aliphatic rings. The second-order valence-electron chi connectivity index (χ2n) is 27.4. The SMILES string of the molecule is CCCCCCCCCCCC/C=C/C(O)C(CO)NC(=O)CCCCCCCCCCCCCCCCCCC/C=C\CCCCCCCCCCCCCCCCCCCCOC(=O)CCCCCCCCCCCCCCCCCCCC. The number of carbonyl (C=O) groups is 2. The lowest BCUT2D eigenvalue weighted by Gasteiger charge is -2.20. The normalized spacial score (nSPS) is 12.6. The molecule has 1 amide bonds. The first-order valence-corrected chi connectivity index (χ1v) is 39.6. The highest BCUT2D eigenvalue weighted by atomic mass is 16.5. The molecule has 0 saturated heterocycles. The topological polar surface area (TPSA) is 95.9 Å². The number of nitrogens with one attached hydrogen (secondary N) is 1. The molecular formula is C80H155NO5. The summed E-state index contributed by atoms with van der Waals surface area (Å²) in [6, 6.07) is -0.623. The minimum Gasteiger partial charge on any atom is -0.466 e. The van der Waals surface area contributed by atoms with Crippen molar-refractivity contribution in [2.75, 3.05) is 13.2 Å². The molecule has 86 heavy (non-hydrogen) atoms. The third-order valence-electron chi connectivity index (χ3n) is 18.7. The molecule has 0 aromatic rings. The van der Waals surface area contributed by atoms with Gasteiger partial charge in [-0.1, -0.05) is 404 Å². The molecule has 6 heteroatoms. The van der Waals surface area contributed by atoms with Crippen LogP contribution < -0.4 is 5.32 Å². The summed E-state index contributed by atoms with van der Waals surface area (Å²) in [6.45, 7) is 4.94. The van der Waals surface area contributed by atoms with Crippen LogP contribution in [0.4, 0.5) is 0 Å². The van der Waals surface area contributed by atoms with Crippen molar-refractivity contribution in [3.63, 3.8) is 0 Å². The minimum atomic E-state index is -0.840. The van der Waals surface area contributed by atoms with Crippen LogP contribution in [0.25, 0.3) is 0 Å². The average molecular weight is 1210 g/mol.